The van der Waals surface area contributed by atoms with Gasteiger partial charge in [0.05, 0.1) is 42.5 Å². The second-order valence-electron chi connectivity index (χ2n) is 13.1. The number of piperidine rings is 1. The van der Waals surface area contributed by atoms with Gasteiger partial charge in [0.2, 0.25) is 10.0 Å². The van der Waals surface area contributed by atoms with E-state index >= 15 is 0 Å². The molecule has 1 saturated heterocycles. The molecule has 0 spiro atoms. The molecule has 0 radical (unpaired) electrons. The Morgan fingerprint density at radius 2 is 1.79 bits per heavy atom. The molecular formula is C37H51N3O6S. The zero-order valence-corrected chi connectivity index (χ0v) is 29.6. The average molecular weight is 666 g/mol. The predicted molar refractivity (Wildman–Crippen MR) is 186 cm³/mol. The van der Waals surface area contributed by atoms with Gasteiger partial charge in [0.15, 0.2) is 0 Å². The van der Waals surface area contributed by atoms with Crippen molar-refractivity contribution in [3.8, 4) is 11.5 Å². The van der Waals surface area contributed by atoms with E-state index < -0.39 is 15.6 Å². The van der Waals surface area contributed by atoms with Crippen LogP contribution in [0.15, 0.2) is 71.6 Å². The van der Waals surface area contributed by atoms with Crippen molar-refractivity contribution in [2.75, 3.05) is 66.1 Å². The van der Waals surface area contributed by atoms with Crippen LogP contribution in [-0.2, 0) is 31.6 Å². The summed E-state index contributed by atoms with van der Waals surface area (Å²) in [5.41, 5.74) is 3.30. The van der Waals surface area contributed by atoms with Crippen molar-refractivity contribution in [1.82, 2.24) is 9.21 Å². The van der Waals surface area contributed by atoms with Crippen molar-refractivity contribution < 1.29 is 27.4 Å². The molecule has 256 valence electrons. The first-order valence-electron chi connectivity index (χ1n) is 16.6. The molecule has 9 nitrogen and oxygen atoms in total. The molecule has 3 atom stereocenters. The Bertz CT molecular complexity index is 1560. The highest BCUT2D eigenvalue weighted by Gasteiger charge is 2.50. The second-order valence-corrected chi connectivity index (χ2v) is 14.9. The van der Waals surface area contributed by atoms with E-state index in [9.17, 15) is 8.42 Å². The normalized spacial score (nSPS) is 20.9. The number of rotatable bonds is 14. The number of methoxy groups -OCH3 is 2. The van der Waals surface area contributed by atoms with Gasteiger partial charge in [-0.1, -0.05) is 35.9 Å². The van der Waals surface area contributed by atoms with Gasteiger partial charge in [0, 0.05) is 32.8 Å². The lowest BCUT2D eigenvalue weighted by Gasteiger charge is -2.50. The van der Waals surface area contributed by atoms with Crippen LogP contribution < -0.4 is 14.4 Å². The van der Waals surface area contributed by atoms with E-state index in [1.54, 1.807) is 30.7 Å². The Morgan fingerprint density at radius 3 is 2.47 bits per heavy atom. The number of sulfonamides is 1. The van der Waals surface area contributed by atoms with Crippen LogP contribution in [0, 0.1) is 6.92 Å². The predicted octanol–water partition coefficient (Wildman–Crippen LogP) is 5.84. The number of aryl methyl sites for hydroxylation is 1. The minimum atomic E-state index is -3.90. The van der Waals surface area contributed by atoms with E-state index in [4.69, 9.17) is 18.9 Å². The maximum absolute atomic E-state index is 14.7. The first kappa shape index (κ1) is 35.2. The monoisotopic (exact) mass is 665 g/mol. The van der Waals surface area contributed by atoms with Crippen molar-refractivity contribution in [2.45, 2.75) is 68.7 Å². The maximum atomic E-state index is 14.7. The summed E-state index contributed by atoms with van der Waals surface area (Å²) >= 11 is 0. The zero-order valence-electron chi connectivity index (χ0n) is 28.8. The van der Waals surface area contributed by atoms with Crippen LogP contribution in [0.5, 0.6) is 11.5 Å². The Morgan fingerprint density at radius 1 is 1.04 bits per heavy atom. The van der Waals surface area contributed by atoms with Crippen LogP contribution >= 0.6 is 0 Å². The summed E-state index contributed by atoms with van der Waals surface area (Å²) in [5, 5.41) is 0. The van der Waals surface area contributed by atoms with Gasteiger partial charge in [-0.15, -0.1) is 0 Å². The first-order valence-corrected chi connectivity index (χ1v) is 18.0. The summed E-state index contributed by atoms with van der Waals surface area (Å²) in [7, 11) is 3.56. The number of benzene rings is 3. The van der Waals surface area contributed by atoms with Gasteiger partial charge in [-0.25, -0.2) is 8.42 Å². The Balaban J connectivity index is 1.45. The molecule has 0 N–H and O–H groups in total. The Kier molecular flexibility index (Phi) is 11.5. The summed E-state index contributed by atoms with van der Waals surface area (Å²) < 4.78 is 54.4. The maximum Gasteiger partial charge on any atom is 0.243 e. The minimum Gasteiger partial charge on any atom is -0.497 e. The Hall–Kier alpha value is -3.15. The number of hydrogen-bond acceptors (Lipinski definition) is 8. The standard InChI is InChI=1S/C37H51N3O6S/c1-28-8-15-34(16-9-28)47(41,42)40-26-33(18-19-37(40,25-29(2)38(3)4)31-11-13-32(44-6)14-12-31)46-27-30-10-17-36-35(24-30)39(21-23-45-36)20-7-22-43-5/h8-17,24,29,33H,7,18-23,25-27H2,1-6H3/t29-,33-,37-/m1/s1. The van der Waals surface area contributed by atoms with E-state index in [1.165, 1.54) is 0 Å². The lowest BCUT2D eigenvalue weighted by Crippen LogP contribution is -2.58. The van der Waals surface area contributed by atoms with E-state index in [0.717, 1.165) is 59.8 Å². The van der Waals surface area contributed by atoms with Crippen LogP contribution in [0.1, 0.15) is 49.3 Å². The van der Waals surface area contributed by atoms with Crippen molar-refractivity contribution in [1.29, 1.82) is 0 Å². The van der Waals surface area contributed by atoms with Gasteiger partial charge in [-0.2, -0.15) is 4.31 Å². The third-order valence-corrected chi connectivity index (χ3v) is 11.7. The molecule has 0 saturated carbocycles. The summed E-state index contributed by atoms with van der Waals surface area (Å²) in [6, 6.07) is 21.4. The van der Waals surface area contributed by atoms with Gasteiger partial charge in [0.25, 0.3) is 0 Å². The zero-order chi connectivity index (χ0) is 33.6. The van der Waals surface area contributed by atoms with Crippen molar-refractivity contribution >= 4 is 15.7 Å². The SMILES string of the molecule is COCCCN1CCOc2ccc(CO[C@@H]3CC[C@@](C[C@@H](C)N(C)C)(c4ccc(OC)cc4)N(S(=O)(=O)c4ccc(C)cc4)C3)cc21. The molecule has 0 aliphatic carbocycles. The van der Waals surface area contributed by atoms with Crippen LogP contribution in [0.2, 0.25) is 0 Å². The molecule has 3 aromatic carbocycles. The molecular weight excluding hydrogens is 614 g/mol. The topological polar surface area (TPSA) is 80.8 Å². The molecule has 0 unspecified atom stereocenters. The molecule has 10 heteroatoms. The minimum absolute atomic E-state index is 0.120. The number of ether oxygens (including phenoxy) is 4. The van der Waals surface area contributed by atoms with Crippen LogP contribution in [0.3, 0.4) is 0 Å². The smallest absolute Gasteiger partial charge is 0.243 e. The van der Waals surface area contributed by atoms with Gasteiger partial charge in [-0.05, 0) is 101 Å². The molecule has 0 aromatic heterocycles. The molecule has 3 aromatic rings. The highest BCUT2D eigenvalue weighted by molar-refractivity contribution is 7.89. The Labute approximate surface area is 281 Å². The molecule has 5 rings (SSSR count). The van der Waals surface area contributed by atoms with Crippen LogP contribution in [0.4, 0.5) is 5.69 Å². The fourth-order valence-electron chi connectivity index (χ4n) is 6.71. The summed E-state index contributed by atoms with van der Waals surface area (Å²) in [5.74, 6) is 1.62. The molecule has 47 heavy (non-hydrogen) atoms. The number of nitrogens with zero attached hydrogens (tertiary/aromatic N) is 3. The fraction of sp³-hybridized carbons (Fsp3) is 0.514. The van der Waals surface area contributed by atoms with Crippen molar-refractivity contribution in [3.05, 3.63) is 83.4 Å². The van der Waals surface area contributed by atoms with Gasteiger partial charge >= 0.3 is 0 Å². The van der Waals surface area contributed by atoms with Crippen LogP contribution in [0.25, 0.3) is 0 Å². The lowest BCUT2D eigenvalue weighted by atomic mass is 9.77. The van der Waals surface area contributed by atoms with Crippen molar-refractivity contribution in [3.63, 3.8) is 0 Å². The number of anilines is 1. The van der Waals surface area contributed by atoms with Crippen LogP contribution in [-0.4, -0.2) is 90.9 Å². The lowest BCUT2D eigenvalue weighted by molar-refractivity contribution is -0.0383. The van der Waals surface area contributed by atoms with E-state index in [1.807, 2.05) is 69.6 Å². The average Bonchev–Trinajstić information content (AvgIpc) is 3.08. The highest BCUT2D eigenvalue weighted by Crippen LogP contribution is 2.46. The summed E-state index contributed by atoms with van der Waals surface area (Å²) in [4.78, 5) is 4.79. The third-order valence-electron chi connectivity index (χ3n) is 9.72. The van der Waals surface area contributed by atoms with Gasteiger partial charge < -0.3 is 28.7 Å². The molecule has 2 heterocycles. The molecule has 2 aliphatic rings. The van der Waals surface area contributed by atoms with Crippen molar-refractivity contribution in [2.24, 2.45) is 0 Å². The van der Waals surface area contributed by atoms with E-state index in [-0.39, 0.29) is 18.7 Å². The van der Waals surface area contributed by atoms with Gasteiger partial charge in [-0.3, -0.25) is 0 Å². The third kappa shape index (κ3) is 7.95. The molecule has 0 amide bonds. The van der Waals surface area contributed by atoms with E-state index in [2.05, 4.69) is 22.8 Å². The fourth-order valence-corrected chi connectivity index (χ4v) is 8.54. The molecule has 0 bridgehead atoms. The summed E-state index contributed by atoms with van der Waals surface area (Å²) in [6.07, 6.45) is 2.64. The van der Waals surface area contributed by atoms with Gasteiger partial charge in [0.1, 0.15) is 18.1 Å². The second kappa shape index (κ2) is 15.4. The highest BCUT2D eigenvalue weighted by atomic mass is 32.2. The summed E-state index contributed by atoms with van der Waals surface area (Å²) in [6.45, 7) is 7.84. The first-order chi connectivity index (χ1) is 22.6. The largest absolute Gasteiger partial charge is 0.497 e. The number of hydrogen-bond donors (Lipinski definition) is 0. The molecule has 2 aliphatic heterocycles. The van der Waals surface area contributed by atoms with E-state index in [0.29, 0.717) is 37.6 Å². The number of fused-ring (bicyclic) bond motifs is 1. The molecule has 1 fully saturated rings. The quantitative estimate of drug-likeness (QED) is 0.199.